The van der Waals surface area contributed by atoms with Gasteiger partial charge in [0.2, 0.25) is 0 Å². The van der Waals surface area contributed by atoms with Crippen LogP contribution in [0.5, 0.6) is 0 Å². The van der Waals surface area contributed by atoms with E-state index in [0.29, 0.717) is 5.02 Å². The first-order chi connectivity index (χ1) is 11.4. The van der Waals surface area contributed by atoms with Crippen molar-refractivity contribution in [2.24, 2.45) is 0 Å². The van der Waals surface area contributed by atoms with Crippen LogP contribution in [0.2, 0.25) is 5.02 Å². The maximum atomic E-state index is 12.2. The van der Waals surface area contributed by atoms with Crippen LogP contribution in [0.4, 0.5) is 0 Å². The quantitative estimate of drug-likeness (QED) is 0.632. The number of rotatable bonds is 4. The van der Waals surface area contributed by atoms with Crippen molar-refractivity contribution in [3.05, 3.63) is 64.0 Å². The number of esters is 1. The highest BCUT2D eigenvalue weighted by molar-refractivity contribution is 7.90. The molecule has 0 fully saturated rings. The van der Waals surface area contributed by atoms with Crippen LogP contribution in [0.3, 0.4) is 0 Å². The highest BCUT2D eigenvalue weighted by atomic mass is 35.5. The second-order valence-corrected chi connectivity index (χ2v) is 8.74. The molecule has 7 heteroatoms. The smallest absolute Gasteiger partial charge is 0.338 e. The van der Waals surface area contributed by atoms with Crippen LogP contribution in [0, 0.1) is 0 Å². The summed E-state index contributed by atoms with van der Waals surface area (Å²) >= 11 is 7.77. The fourth-order valence-electron chi connectivity index (χ4n) is 2.23. The highest BCUT2D eigenvalue weighted by Crippen LogP contribution is 2.35. The minimum Gasteiger partial charge on any atom is -0.456 e. The second-order valence-electron chi connectivity index (χ2n) is 5.21. The summed E-state index contributed by atoms with van der Waals surface area (Å²) in [5.41, 5.74) is 0.190. The van der Waals surface area contributed by atoms with E-state index >= 15 is 0 Å². The summed E-state index contributed by atoms with van der Waals surface area (Å²) in [7, 11) is -3.38. The Labute approximate surface area is 148 Å². The molecular weight excluding hydrogens is 368 g/mol. The molecule has 3 aromatic rings. The van der Waals surface area contributed by atoms with Crippen molar-refractivity contribution in [3.63, 3.8) is 0 Å². The molecule has 124 valence electrons. The SMILES string of the molecule is CS(=O)(=O)c1cccc(C(=O)OCc2sc3ccccc3c2Cl)c1. The molecule has 4 nitrogen and oxygen atoms in total. The summed E-state index contributed by atoms with van der Waals surface area (Å²) in [6, 6.07) is 13.5. The van der Waals surface area contributed by atoms with Crippen molar-refractivity contribution < 1.29 is 17.9 Å². The van der Waals surface area contributed by atoms with Gasteiger partial charge in [-0.3, -0.25) is 0 Å². The fraction of sp³-hybridized carbons (Fsp3) is 0.118. The van der Waals surface area contributed by atoms with Crippen molar-refractivity contribution in [2.45, 2.75) is 11.5 Å². The van der Waals surface area contributed by atoms with Gasteiger partial charge >= 0.3 is 5.97 Å². The fourth-order valence-corrected chi connectivity index (χ4v) is 4.29. The lowest BCUT2D eigenvalue weighted by atomic mass is 10.2. The van der Waals surface area contributed by atoms with Gasteiger partial charge in [-0.2, -0.15) is 0 Å². The number of halogens is 1. The van der Waals surface area contributed by atoms with Crippen LogP contribution in [0.25, 0.3) is 10.1 Å². The van der Waals surface area contributed by atoms with E-state index in [2.05, 4.69) is 0 Å². The average Bonchev–Trinajstić information content (AvgIpc) is 2.88. The number of hydrogen-bond acceptors (Lipinski definition) is 5. The van der Waals surface area contributed by atoms with Gasteiger partial charge in [0.15, 0.2) is 9.84 Å². The van der Waals surface area contributed by atoms with Crippen LogP contribution >= 0.6 is 22.9 Å². The monoisotopic (exact) mass is 380 g/mol. The molecule has 1 heterocycles. The molecule has 0 amide bonds. The number of thiophene rings is 1. The van der Waals surface area contributed by atoms with Crippen LogP contribution in [-0.2, 0) is 21.2 Å². The van der Waals surface area contributed by atoms with Crippen molar-refractivity contribution in [2.75, 3.05) is 6.26 Å². The lowest BCUT2D eigenvalue weighted by Gasteiger charge is -2.05. The molecule has 0 aliphatic rings. The van der Waals surface area contributed by atoms with Crippen molar-refractivity contribution in [1.29, 1.82) is 0 Å². The van der Waals surface area contributed by atoms with Crippen LogP contribution in [0.15, 0.2) is 53.4 Å². The molecule has 1 aromatic heterocycles. The van der Waals surface area contributed by atoms with Gasteiger partial charge in [0.05, 0.1) is 20.4 Å². The first-order valence-electron chi connectivity index (χ1n) is 6.99. The van der Waals surface area contributed by atoms with E-state index in [1.54, 1.807) is 0 Å². The Morgan fingerprint density at radius 3 is 2.62 bits per heavy atom. The summed E-state index contributed by atoms with van der Waals surface area (Å²) < 4.78 is 29.4. The van der Waals surface area contributed by atoms with E-state index in [4.69, 9.17) is 16.3 Å². The summed E-state index contributed by atoms with van der Waals surface area (Å²) in [6.45, 7) is 0.0418. The number of ether oxygens (including phenoxy) is 1. The van der Waals surface area contributed by atoms with Gasteiger partial charge in [0, 0.05) is 16.3 Å². The van der Waals surface area contributed by atoms with E-state index in [9.17, 15) is 13.2 Å². The standard InChI is InChI=1S/C17H13ClO4S2/c1-24(20,21)12-6-4-5-11(9-12)17(19)22-10-15-16(18)13-7-2-3-8-14(13)23-15/h2-9H,10H2,1H3. The lowest BCUT2D eigenvalue weighted by molar-refractivity contribution is 0.0476. The van der Waals surface area contributed by atoms with E-state index in [0.717, 1.165) is 21.2 Å². The van der Waals surface area contributed by atoms with E-state index < -0.39 is 15.8 Å². The number of hydrogen-bond donors (Lipinski definition) is 0. The van der Waals surface area contributed by atoms with Gasteiger partial charge in [-0.25, -0.2) is 13.2 Å². The molecule has 0 unspecified atom stereocenters. The van der Waals surface area contributed by atoms with Gasteiger partial charge in [-0.05, 0) is 24.3 Å². The van der Waals surface area contributed by atoms with Crippen molar-refractivity contribution in [1.82, 2.24) is 0 Å². The zero-order valence-corrected chi connectivity index (χ0v) is 15.0. The third-order valence-electron chi connectivity index (χ3n) is 3.43. The predicted molar refractivity (Wildman–Crippen MR) is 95.5 cm³/mol. The zero-order chi connectivity index (χ0) is 17.3. The van der Waals surface area contributed by atoms with Crippen molar-refractivity contribution >= 4 is 48.8 Å². The maximum absolute atomic E-state index is 12.2. The van der Waals surface area contributed by atoms with Crippen LogP contribution in [-0.4, -0.2) is 20.6 Å². The molecule has 3 rings (SSSR count). The number of benzene rings is 2. The average molecular weight is 381 g/mol. The Hall–Kier alpha value is -1.89. The largest absolute Gasteiger partial charge is 0.456 e. The summed E-state index contributed by atoms with van der Waals surface area (Å²) in [5.74, 6) is -0.589. The van der Waals surface area contributed by atoms with Crippen LogP contribution in [0.1, 0.15) is 15.2 Å². The normalized spacial score (nSPS) is 11.6. The minimum absolute atomic E-state index is 0.0418. The van der Waals surface area contributed by atoms with Gasteiger partial charge in [0.1, 0.15) is 6.61 Å². The molecule has 0 bridgehead atoms. The molecule has 0 saturated carbocycles. The first kappa shape index (κ1) is 17.0. The van der Waals surface area contributed by atoms with Gasteiger partial charge in [-0.15, -0.1) is 11.3 Å². The number of fused-ring (bicyclic) bond motifs is 1. The summed E-state index contributed by atoms with van der Waals surface area (Å²) in [5, 5.41) is 1.50. The molecule has 0 radical (unpaired) electrons. The van der Waals surface area contributed by atoms with Gasteiger partial charge in [-0.1, -0.05) is 35.9 Å². The topological polar surface area (TPSA) is 60.4 Å². The minimum atomic E-state index is -3.38. The number of sulfone groups is 1. The van der Waals surface area contributed by atoms with E-state index in [1.807, 2.05) is 24.3 Å². The predicted octanol–water partition coefficient (Wildman–Crippen LogP) is 4.32. The van der Waals surface area contributed by atoms with Crippen LogP contribution < -0.4 is 0 Å². The zero-order valence-electron chi connectivity index (χ0n) is 12.7. The third kappa shape index (κ3) is 3.45. The first-order valence-corrected chi connectivity index (χ1v) is 10.1. The molecule has 0 spiro atoms. The Bertz CT molecular complexity index is 1020. The second kappa shape index (κ2) is 6.55. The van der Waals surface area contributed by atoms with Gasteiger partial charge in [0.25, 0.3) is 0 Å². The molecule has 0 atom stereocenters. The van der Waals surface area contributed by atoms with E-state index in [-0.39, 0.29) is 17.1 Å². The Kier molecular flexibility index (Phi) is 4.62. The molecule has 0 N–H and O–H groups in total. The summed E-state index contributed by atoms with van der Waals surface area (Å²) in [6.07, 6.45) is 1.09. The molecular formula is C17H13ClO4S2. The van der Waals surface area contributed by atoms with E-state index in [1.165, 1.54) is 35.6 Å². The summed E-state index contributed by atoms with van der Waals surface area (Å²) in [4.78, 5) is 13.0. The molecule has 24 heavy (non-hydrogen) atoms. The van der Waals surface area contributed by atoms with Gasteiger partial charge < -0.3 is 4.74 Å². The molecule has 0 aliphatic carbocycles. The number of carbonyl (C=O) groups excluding carboxylic acids is 1. The highest BCUT2D eigenvalue weighted by Gasteiger charge is 2.15. The number of carbonyl (C=O) groups is 1. The molecule has 0 aliphatic heterocycles. The molecule has 2 aromatic carbocycles. The molecule has 0 saturated heterocycles. The Morgan fingerprint density at radius 1 is 1.17 bits per heavy atom. The lowest BCUT2D eigenvalue weighted by Crippen LogP contribution is -2.06. The Balaban J connectivity index is 1.79. The third-order valence-corrected chi connectivity index (χ3v) is 6.23. The van der Waals surface area contributed by atoms with Crippen molar-refractivity contribution in [3.8, 4) is 0 Å². The maximum Gasteiger partial charge on any atom is 0.338 e. The Morgan fingerprint density at radius 2 is 1.92 bits per heavy atom.